The minimum Gasteiger partial charge on any atom is -0.399 e. The molecule has 0 saturated carbocycles. The van der Waals surface area contributed by atoms with E-state index in [0.29, 0.717) is 22.4 Å². The SMILES string of the molecule is NOC1(C(F)(F)F)c2ccccc2-c2ccc(-c3cccc(N)c3)cc21. The van der Waals surface area contributed by atoms with Crippen molar-refractivity contribution in [1.82, 2.24) is 0 Å². The van der Waals surface area contributed by atoms with Crippen LogP contribution in [0.25, 0.3) is 22.3 Å². The van der Waals surface area contributed by atoms with Gasteiger partial charge in [0.1, 0.15) is 0 Å². The number of nitrogens with two attached hydrogens (primary N) is 2. The Bertz CT molecular complexity index is 1000. The van der Waals surface area contributed by atoms with Crippen molar-refractivity contribution >= 4 is 5.69 Å². The molecule has 4 rings (SSSR count). The van der Waals surface area contributed by atoms with E-state index < -0.39 is 11.8 Å². The van der Waals surface area contributed by atoms with Crippen molar-refractivity contribution < 1.29 is 18.0 Å². The van der Waals surface area contributed by atoms with E-state index in [1.807, 2.05) is 0 Å². The lowest BCUT2D eigenvalue weighted by atomic mass is 9.89. The maximum absolute atomic E-state index is 14.1. The third kappa shape index (κ3) is 2.16. The van der Waals surface area contributed by atoms with Crippen LogP contribution in [0.3, 0.4) is 0 Å². The van der Waals surface area contributed by atoms with Gasteiger partial charge in [-0.3, -0.25) is 4.84 Å². The van der Waals surface area contributed by atoms with Gasteiger partial charge in [-0.1, -0.05) is 48.5 Å². The summed E-state index contributed by atoms with van der Waals surface area (Å²) in [6, 6.07) is 18.2. The summed E-state index contributed by atoms with van der Waals surface area (Å²) in [6.45, 7) is 0. The Hall–Kier alpha value is -2.83. The van der Waals surface area contributed by atoms with Crippen molar-refractivity contribution in [2.75, 3.05) is 5.73 Å². The summed E-state index contributed by atoms with van der Waals surface area (Å²) in [6.07, 6.45) is -4.72. The normalized spacial score (nSPS) is 18.5. The topological polar surface area (TPSA) is 61.3 Å². The number of rotatable bonds is 2. The Morgan fingerprint density at radius 2 is 1.46 bits per heavy atom. The summed E-state index contributed by atoms with van der Waals surface area (Å²) in [5.74, 6) is 5.26. The first-order chi connectivity index (χ1) is 12.4. The number of anilines is 1. The highest BCUT2D eigenvalue weighted by atomic mass is 19.4. The molecule has 0 aliphatic heterocycles. The molecule has 1 atom stereocenters. The van der Waals surface area contributed by atoms with Crippen LogP contribution in [-0.4, -0.2) is 6.18 Å². The first-order valence-corrected chi connectivity index (χ1v) is 7.93. The highest BCUT2D eigenvalue weighted by molar-refractivity contribution is 5.84. The molecule has 0 amide bonds. The average Bonchev–Trinajstić information content (AvgIpc) is 2.91. The van der Waals surface area contributed by atoms with Crippen molar-refractivity contribution in [3.8, 4) is 22.3 Å². The molecule has 1 aliphatic rings. The molecular weight excluding hydrogens is 341 g/mol. The molecule has 0 fully saturated rings. The van der Waals surface area contributed by atoms with E-state index in [1.165, 1.54) is 12.1 Å². The Labute approximate surface area is 148 Å². The van der Waals surface area contributed by atoms with E-state index in [9.17, 15) is 13.2 Å². The van der Waals surface area contributed by atoms with E-state index in [2.05, 4.69) is 4.84 Å². The zero-order valence-electron chi connectivity index (χ0n) is 13.5. The van der Waals surface area contributed by atoms with Crippen molar-refractivity contribution in [3.05, 3.63) is 77.9 Å². The first-order valence-electron chi connectivity index (χ1n) is 7.93. The molecule has 26 heavy (non-hydrogen) atoms. The lowest BCUT2D eigenvalue weighted by molar-refractivity contribution is -0.267. The minimum atomic E-state index is -4.72. The minimum absolute atomic E-state index is 0.00488. The third-order valence-electron chi connectivity index (χ3n) is 4.79. The smallest absolute Gasteiger partial charge is 0.399 e. The van der Waals surface area contributed by atoms with E-state index in [4.69, 9.17) is 11.6 Å². The van der Waals surface area contributed by atoms with Crippen LogP contribution >= 0.6 is 0 Å². The standard InChI is InChI=1S/C20H15F3N2O/c21-20(22,23)19(26-25)17-7-2-1-6-15(17)16-9-8-13(11-18(16)19)12-4-3-5-14(24)10-12/h1-11H,24-25H2. The summed E-state index contributed by atoms with van der Waals surface area (Å²) in [4.78, 5) is 4.68. The van der Waals surface area contributed by atoms with Gasteiger partial charge in [0.05, 0.1) is 0 Å². The largest absolute Gasteiger partial charge is 0.428 e. The van der Waals surface area contributed by atoms with Gasteiger partial charge in [0.2, 0.25) is 5.60 Å². The molecule has 6 heteroatoms. The van der Waals surface area contributed by atoms with Gasteiger partial charge in [-0.15, -0.1) is 0 Å². The molecule has 132 valence electrons. The highest BCUT2D eigenvalue weighted by Gasteiger charge is 2.63. The van der Waals surface area contributed by atoms with Crippen LogP contribution in [0.4, 0.5) is 18.9 Å². The van der Waals surface area contributed by atoms with Crippen molar-refractivity contribution in [3.63, 3.8) is 0 Å². The predicted octanol–water partition coefficient (Wildman–Crippen LogP) is 4.61. The Morgan fingerprint density at radius 1 is 0.769 bits per heavy atom. The first kappa shape index (κ1) is 16.6. The monoisotopic (exact) mass is 356 g/mol. The second-order valence-corrected chi connectivity index (χ2v) is 6.23. The number of benzene rings is 3. The van der Waals surface area contributed by atoms with E-state index in [0.717, 1.165) is 5.56 Å². The van der Waals surface area contributed by atoms with Crippen LogP contribution in [0, 0.1) is 0 Å². The van der Waals surface area contributed by atoms with Gasteiger partial charge >= 0.3 is 6.18 Å². The zero-order chi connectivity index (χ0) is 18.5. The fraction of sp³-hybridized carbons (Fsp3) is 0.100. The van der Waals surface area contributed by atoms with Gasteiger partial charge < -0.3 is 5.73 Å². The number of hydrogen-bond acceptors (Lipinski definition) is 3. The number of halogens is 3. The molecule has 3 aromatic rings. The van der Waals surface area contributed by atoms with E-state index in [1.54, 1.807) is 54.6 Å². The fourth-order valence-corrected chi connectivity index (χ4v) is 3.64. The summed E-state index contributed by atoms with van der Waals surface area (Å²) >= 11 is 0. The molecule has 3 aromatic carbocycles. The molecule has 0 spiro atoms. The van der Waals surface area contributed by atoms with Crippen molar-refractivity contribution in [1.29, 1.82) is 0 Å². The molecule has 0 saturated heterocycles. The molecule has 0 aromatic heterocycles. The summed E-state index contributed by atoms with van der Waals surface area (Å²) in [5.41, 5.74) is 5.85. The van der Waals surface area contributed by atoms with Gasteiger partial charge in [-0.05, 0) is 40.5 Å². The third-order valence-corrected chi connectivity index (χ3v) is 4.79. The summed E-state index contributed by atoms with van der Waals surface area (Å²) in [7, 11) is 0. The van der Waals surface area contributed by atoms with Gasteiger partial charge in [0.15, 0.2) is 0 Å². The average molecular weight is 356 g/mol. The number of hydrogen-bond donors (Lipinski definition) is 2. The second-order valence-electron chi connectivity index (χ2n) is 6.23. The van der Waals surface area contributed by atoms with Gasteiger partial charge in [-0.25, -0.2) is 5.90 Å². The molecule has 1 aliphatic carbocycles. The molecule has 0 heterocycles. The van der Waals surface area contributed by atoms with Gasteiger partial charge in [0, 0.05) is 16.8 Å². The maximum atomic E-state index is 14.1. The highest BCUT2D eigenvalue weighted by Crippen LogP contribution is 2.57. The van der Waals surface area contributed by atoms with Crippen molar-refractivity contribution in [2.45, 2.75) is 11.8 Å². The molecular formula is C20H15F3N2O. The van der Waals surface area contributed by atoms with Crippen LogP contribution < -0.4 is 11.6 Å². The van der Waals surface area contributed by atoms with Crippen LogP contribution in [0.2, 0.25) is 0 Å². The van der Waals surface area contributed by atoms with Crippen LogP contribution in [0.15, 0.2) is 66.7 Å². The van der Waals surface area contributed by atoms with Crippen LogP contribution in [-0.2, 0) is 10.4 Å². The molecule has 0 radical (unpaired) electrons. The van der Waals surface area contributed by atoms with E-state index in [-0.39, 0.29) is 11.1 Å². The number of fused-ring (bicyclic) bond motifs is 3. The zero-order valence-corrected chi connectivity index (χ0v) is 13.5. The Morgan fingerprint density at radius 3 is 2.15 bits per heavy atom. The summed E-state index contributed by atoms with van der Waals surface area (Å²) < 4.78 is 42.4. The lowest BCUT2D eigenvalue weighted by Crippen LogP contribution is -2.46. The quantitative estimate of drug-likeness (QED) is 0.521. The summed E-state index contributed by atoms with van der Waals surface area (Å²) in [5, 5.41) is 0. The molecule has 3 nitrogen and oxygen atoms in total. The van der Waals surface area contributed by atoms with Gasteiger partial charge in [0.25, 0.3) is 0 Å². The Balaban J connectivity index is 2.01. The Kier molecular flexibility index (Phi) is 3.57. The molecule has 0 bridgehead atoms. The lowest BCUT2D eigenvalue weighted by Gasteiger charge is -2.31. The maximum Gasteiger partial charge on any atom is 0.428 e. The second kappa shape index (κ2) is 5.59. The van der Waals surface area contributed by atoms with E-state index >= 15 is 0 Å². The van der Waals surface area contributed by atoms with Crippen molar-refractivity contribution in [2.24, 2.45) is 5.90 Å². The molecule has 1 unspecified atom stereocenters. The van der Waals surface area contributed by atoms with Crippen LogP contribution in [0.1, 0.15) is 11.1 Å². The fourth-order valence-electron chi connectivity index (χ4n) is 3.64. The van der Waals surface area contributed by atoms with Crippen LogP contribution in [0.5, 0.6) is 0 Å². The predicted molar refractivity (Wildman–Crippen MR) is 93.8 cm³/mol. The number of nitrogen functional groups attached to an aromatic ring is 1. The van der Waals surface area contributed by atoms with Gasteiger partial charge in [-0.2, -0.15) is 13.2 Å². The molecule has 4 N–H and O–H groups in total. The number of alkyl halides is 3.